The Balaban J connectivity index is 0.658. The zero-order chi connectivity index (χ0) is 42.9. The van der Waals surface area contributed by atoms with Crippen LogP contribution in [0.15, 0.2) is 72.9 Å². The fourth-order valence-corrected chi connectivity index (χ4v) is 10.3. The highest BCUT2D eigenvalue weighted by molar-refractivity contribution is 6.31. The van der Waals surface area contributed by atoms with E-state index >= 15 is 0 Å². The summed E-state index contributed by atoms with van der Waals surface area (Å²) in [4.78, 5) is 74.3. The van der Waals surface area contributed by atoms with E-state index in [0.29, 0.717) is 45.9 Å². The van der Waals surface area contributed by atoms with Crippen molar-refractivity contribution in [2.24, 2.45) is 5.41 Å². The van der Waals surface area contributed by atoms with Gasteiger partial charge in [0.05, 0.1) is 23.4 Å². The van der Waals surface area contributed by atoms with Crippen LogP contribution in [-0.2, 0) is 21.6 Å². The Morgan fingerprint density at radius 2 is 1.58 bits per heavy atom. The van der Waals surface area contributed by atoms with E-state index in [1.807, 2.05) is 42.6 Å². The largest absolute Gasteiger partial charge is 0.487 e. The third-order valence-electron chi connectivity index (χ3n) is 14.2. The summed E-state index contributed by atoms with van der Waals surface area (Å²) in [5, 5.41) is 2.81. The maximum Gasteiger partial charge on any atom is 0.262 e. The molecule has 5 saturated heterocycles. The lowest BCUT2D eigenvalue weighted by atomic mass is 9.71. The van der Waals surface area contributed by atoms with Gasteiger partial charge < -0.3 is 14.5 Å². The van der Waals surface area contributed by atoms with Crippen molar-refractivity contribution in [1.29, 1.82) is 0 Å². The van der Waals surface area contributed by atoms with Gasteiger partial charge in [0.1, 0.15) is 18.4 Å². The lowest BCUT2D eigenvalue weighted by Crippen LogP contribution is -2.74. The molecule has 3 aromatic carbocycles. The number of benzene rings is 3. The molecule has 0 saturated carbocycles. The fourth-order valence-electron chi connectivity index (χ4n) is 10.0. The Kier molecular flexibility index (Phi) is 10.0. The number of carbonyl (C=O) groups excluding carboxylic acids is 4. The van der Waals surface area contributed by atoms with Crippen LogP contribution in [0.3, 0.4) is 0 Å². The van der Waals surface area contributed by atoms with Gasteiger partial charge in [-0.1, -0.05) is 43.6 Å². The first-order valence-electron chi connectivity index (χ1n) is 21.4. The van der Waals surface area contributed by atoms with E-state index < -0.39 is 23.8 Å². The lowest BCUT2D eigenvalue weighted by molar-refractivity contribution is -0.136. The Morgan fingerprint density at radius 1 is 0.855 bits per heavy atom. The van der Waals surface area contributed by atoms with Gasteiger partial charge in [0, 0.05) is 93.2 Å². The van der Waals surface area contributed by atoms with Crippen LogP contribution in [0.2, 0.25) is 5.02 Å². The molecule has 4 aromatic rings. The number of amides is 4. The first-order valence-corrected chi connectivity index (χ1v) is 21.8. The SMILES string of the molecule is [C-]#[N+]c1cc(Cl)cc(C(C)(C)c2ccc(OCc3ccnc(N4CCC5(CC4)CN(C4CN(C6CN(c7ccc8c(c7)C(=O)N(C7CCC(=O)NC7=O)C8=O)C6)C4)C5)n3)cc2)c1. The first-order chi connectivity index (χ1) is 29.9. The highest BCUT2D eigenvalue weighted by Gasteiger charge is 2.51. The fraction of sp³-hybridized carbons (Fsp3) is 0.426. The molecule has 1 aromatic heterocycles. The lowest BCUT2D eigenvalue weighted by Gasteiger charge is -2.61. The number of hydrogen-bond acceptors (Lipinski definition) is 11. The van der Waals surface area contributed by atoms with E-state index in [4.69, 9.17) is 27.9 Å². The predicted octanol–water partition coefficient (Wildman–Crippen LogP) is 5.46. The standard InChI is InChI=1S/C47H48ClN9O5/c1-46(2,30-18-31(48)20-33(19-30)49-3)29-4-7-37(8-5-29)62-26-32-12-15-50-45(51-32)53-16-13-47(14-17-53)27-56(28-47)36-24-55(25-36)35-22-54(23-35)34-6-9-38-39(21-34)44(61)57(43(38)60)40-10-11-41(58)52-42(40)59/h4-9,12,15,18-21,35-36,40H,10-11,13-14,16-17,22-28H2,1-2H3,(H,52,58,59). The van der Waals surface area contributed by atoms with Crippen molar-refractivity contribution >= 4 is 52.6 Å². The van der Waals surface area contributed by atoms with Gasteiger partial charge in [-0.3, -0.25) is 39.2 Å². The first kappa shape index (κ1) is 40.2. The number of anilines is 2. The average Bonchev–Trinajstić information content (AvgIpc) is 3.47. The molecule has 14 nitrogen and oxygen atoms in total. The van der Waals surface area contributed by atoms with Crippen molar-refractivity contribution in [2.75, 3.05) is 62.2 Å². The summed E-state index contributed by atoms with van der Waals surface area (Å²) >= 11 is 6.32. The molecule has 1 N–H and O–H groups in total. The topological polar surface area (TPSA) is 136 Å². The van der Waals surface area contributed by atoms with Crippen LogP contribution in [0.25, 0.3) is 4.85 Å². The van der Waals surface area contributed by atoms with Crippen LogP contribution in [-0.4, -0.2) is 119 Å². The summed E-state index contributed by atoms with van der Waals surface area (Å²) < 4.78 is 6.16. The second-order valence-electron chi connectivity index (χ2n) is 18.3. The third kappa shape index (κ3) is 7.25. The highest BCUT2D eigenvalue weighted by atomic mass is 35.5. The zero-order valence-corrected chi connectivity index (χ0v) is 35.6. The van der Waals surface area contributed by atoms with E-state index in [-0.39, 0.29) is 24.2 Å². The summed E-state index contributed by atoms with van der Waals surface area (Å²) in [6, 6.07) is 20.9. The number of fused-ring (bicyclic) bond motifs is 1. The van der Waals surface area contributed by atoms with E-state index in [9.17, 15) is 19.2 Å². The monoisotopic (exact) mass is 853 g/mol. The van der Waals surface area contributed by atoms with Gasteiger partial charge in [-0.25, -0.2) is 14.8 Å². The molecular weight excluding hydrogens is 806 g/mol. The van der Waals surface area contributed by atoms with Gasteiger partial charge in [0.25, 0.3) is 11.8 Å². The number of halogens is 1. The smallest absolute Gasteiger partial charge is 0.262 e. The van der Waals surface area contributed by atoms with Gasteiger partial charge >= 0.3 is 0 Å². The van der Waals surface area contributed by atoms with Crippen molar-refractivity contribution in [3.8, 4) is 5.75 Å². The molecule has 1 unspecified atom stereocenters. The summed E-state index contributed by atoms with van der Waals surface area (Å²) in [6.07, 6.45) is 4.31. The van der Waals surface area contributed by atoms with Crippen LogP contribution in [0.4, 0.5) is 17.3 Å². The minimum absolute atomic E-state index is 0.0999. The Morgan fingerprint density at radius 3 is 2.31 bits per heavy atom. The molecule has 7 heterocycles. The van der Waals surface area contributed by atoms with Crippen molar-refractivity contribution < 1.29 is 23.9 Å². The van der Waals surface area contributed by atoms with Gasteiger partial charge in [0.15, 0.2) is 5.69 Å². The highest BCUT2D eigenvalue weighted by Crippen LogP contribution is 2.44. The number of imide groups is 2. The molecule has 4 amide bonds. The number of nitrogens with one attached hydrogen (secondary N) is 1. The van der Waals surface area contributed by atoms with Gasteiger partial charge in [0.2, 0.25) is 17.8 Å². The normalized spacial score (nSPS) is 21.9. The quantitative estimate of drug-likeness (QED) is 0.161. The average molecular weight is 854 g/mol. The van der Waals surface area contributed by atoms with Gasteiger partial charge in [-0.2, -0.15) is 0 Å². The molecule has 0 bridgehead atoms. The molecule has 1 atom stereocenters. The molecule has 6 aliphatic rings. The molecule has 10 rings (SSSR count). The number of piperidine rings is 2. The summed E-state index contributed by atoms with van der Waals surface area (Å²) in [5.74, 6) is -0.420. The van der Waals surface area contributed by atoms with Gasteiger partial charge in [-0.15, -0.1) is 0 Å². The Labute approximate surface area is 365 Å². The number of likely N-dealkylation sites (tertiary alicyclic amines) is 2. The number of hydrogen-bond donors (Lipinski definition) is 1. The molecule has 0 radical (unpaired) electrons. The van der Waals surface area contributed by atoms with E-state index in [1.165, 1.54) is 0 Å². The Bertz CT molecular complexity index is 2510. The van der Waals surface area contributed by atoms with Crippen LogP contribution in [0.1, 0.15) is 77.1 Å². The molecule has 15 heteroatoms. The van der Waals surface area contributed by atoms with Crippen LogP contribution < -0.4 is 19.9 Å². The molecular formula is C47H48ClN9O5. The zero-order valence-electron chi connectivity index (χ0n) is 34.8. The van der Waals surface area contributed by atoms with Crippen molar-refractivity contribution in [1.82, 2.24) is 30.0 Å². The van der Waals surface area contributed by atoms with Crippen molar-refractivity contribution in [3.05, 3.63) is 117 Å². The van der Waals surface area contributed by atoms with E-state index in [1.54, 1.807) is 18.2 Å². The molecule has 6 aliphatic heterocycles. The molecule has 5 fully saturated rings. The summed E-state index contributed by atoms with van der Waals surface area (Å²) in [6.45, 7) is 20.0. The van der Waals surface area contributed by atoms with Crippen LogP contribution >= 0.6 is 11.6 Å². The number of carbonyl (C=O) groups is 4. The number of rotatable bonds is 10. The molecule has 62 heavy (non-hydrogen) atoms. The van der Waals surface area contributed by atoms with Crippen molar-refractivity contribution in [2.45, 2.75) is 69.7 Å². The summed E-state index contributed by atoms with van der Waals surface area (Å²) in [7, 11) is 0. The number of aromatic nitrogens is 2. The maximum atomic E-state index is 13.3. The number of ether oxygens (including phenoxy) is 1. The molecule has 318 valence electrons. The second-order valence-corrected chi connectivity index (χ2v) is 18.8. The summed E-state index contributed by atoms with van der Waals surface area (Å²) in [5.41, 5.74) is 5.00. The number of nitrogens with zero attached hydrogens (tertiary/aromatic N) is 8. The molecule has 1 spiro atoms. The Hall–Kier alpha value is -5.88. The minimum Gasteiger partial charge on any atom is -0.487 e. The van der Waals surface area contributed by atoms with Crippen LogP contribution in [0.5, 0.6) is 5.75 Å². The van der Waals surface area contributed by atoms with E-state index in [2.05, 4.69) is 60.7 Å². The third-order valence-corrected chi connectivity index (χ3v) is 14.4. The van der Waals surface area contributed by atoms with Crippen LogP contribution in [0, 0.1) is 12.0 Å². The second kappa shape index (κ2) is 15.5. The van der Waals surface area contributed by atoms with Gasteiger partial charge in [-0.05, 0) is 84.3 Å². The molecule has 0 aliphatic carbocycles. The maximum absolute atomic E-state index is 13.3. The van der Waals surface area contributed by atoms with E-state index in [0.717, 1.165) is 104 Å². The van der Waals surface area contributed by atoms with Crippen molar-refractivity contribution in [3.63, 3.8) is 0 Å². The predicted molar refractivity (Wildman–Crippen MR) is 233 cm³/mol. The minimum atomic E-state index is -0.962.